The van der Waals surface area contributed by atoms with E-state index in [1.165, 1.54) is 6.07 Å². The van der Waals surface area contributed by atoms with Gasteiger partial charge in [0.05, 0.1) is 16.3 Å². The molecule has 1 N–H and O–H groups in total. The molecule has 3 aromatic rings. The van der Waals surface area contributed by atoms with Crippen molar-refractivity contribution in [3.8, 4) is 11.3 Å². The second kappa shape index (κ2) is 4.03. The maximum Gasteiger partial charge on any atom is 0.294 e. The van der Waals surface area contributed by atoms with Crippen LogP contribution in [0.4, 0.5) is 5.69 Å². The molecule has 2 aliphatic carbocycles. The minimum Gasteiger partial charge on any atom is -0.317 e. The average molecular weight is 309 g/mol. The lowest BCUT2D eigenvalue weighted by Gasteiger charge is -2.05. The molecule has 23 heavy (non-hydrogen) atoms. The first-order valence-electron chi connectivity index (χ1n) is 7.41. The fourth-order valence-corrected chi connectivity index (χ4v) is 3.32. The summed E-state index contributed by atoms with van der Waals surface area (Å²) in [6.07, 6.45) is 2.64. The first-order chi connectivity index (χ1) is 11.1. The summed E-state index contributed by atoms with van der Waals surface area (Å²) in [4.78, 5) is 25.7. The van der Waals surface area contributed by atoms with Crippen molar-refractivity contribution in [1.29, 1.82) is 0 Å². The zero-order chi connectivity index (χ0) is 15.7. The summed E-state index contributed by atoms with van der Waals surface area (Å²) in [6.45, 7) is 0. The van der Waals surface area contributed by atoms with Gasteiger partial charge in [0.15, 0.2) is 0 Å². The van der Waals surface area contributed by atoms with Crippen LogP contribution in [0.3, 0.4) is 0 Å². The molecular weight excluding hydrogens is 298 g/mol. The Morgan fingerprint density at radius 1 is 1.30 bits per heavy atom. The number of rotatable bonds is 2. The molecular formula is C15H11N5O3. The van der Waals surface area contributed by atoms with Gasteiger partial charge < -0.3 is 4.98 Å². The van der Waals surface area contributed by atoms with Crippen LogP contribution >= 0.6 is 0 Å². The molecule has 8 nitrogen and oxygen atoms in total. The molecule has 0 unspecified atom stereocenters. The average Bonchev–Trinajstić information content (AvgIpc) is 3.17. The maximum absolute atomic E-state index is 12.3. The molecule has 8 heteroatoms. The van der Waals surface area contributed by atoms with Crippen molar-refractivity contribution < 1.29 is 4.92 Å². The number of nitro groups is 1. The minimum absolute atomic E-state index is 0.0568. The second-order valence-electron chi connectivity index (χ2n) is 6.04. The van der Waals surface area contributed by atoms with E-state index in [0.717, 1.165) is 35.5 Å². The molecule has 0 aliphatic heterocycles. The molecule has 2 heterocycles. The second-order valence-corrected chi connectivity index (χ2v) is 6.04. The molecule has 114 valence electrons. The van der Waals surface area contributed by atoms with E-state index in [9.17, 15) is 14.9 Å². The third-order valence-corrected chi connectivity index (χ3v) is 4.56. The monoisotopic (exact) mass is 309 g/mol. The van der Waals surface area contributed by atoms with E-state index in [4.69, 9.17) is 0 Å². The number of aromatic nitrogens is 4. The van der Waals surface area contributed by atoms with Gasteiger partial charge in [0, 0.05) is 30.0 Å². The van der Waals surface area contributed by atoms with E-state index in [0.29, 0.717) is 23.7 Å². The van der Waals surface area contributed by atoms with E-state index in [2.05, 4.69) is 15.2 Å². The standard InChI is InChI=1S/C15H11N5O3/c21-15-14-18-17-13(7-1-2-7)19(14)11-6-8-5-9(20(22)23)3-4-10(8)12(11)16-15/h3-5,7H,1-2,6H2,(H,16,21). The van der Waals surface area contributed by atoms with Crippen LogP contribution in [0.5, 0.6) is 0 Å². The van der Waals surface area contributed by atoms with Crippen molar-refractivity contribution >= 4 is 11.3 Å². The molecule has 5 rings (SSSR count). The topological polar surface area (TPSA) is 106 Å². The molecule has 0 saturated heterocycles. The Kier molecular flexibility index (Phi) is 2.19. The van der Waals surface area contributed by atoms with Gasteiger partial charge in [0.25, 0.3) is 11.2 Å². The van der Waals surface area contributed by atoms with Crippen molar-refractivity contribution in [2.75, 3.05) is 0 Å². The van der Waals surface area contributed by atoms with Crippen molar-refractivity contribution in [1.82, 2.24) is 19.6 Å². The third-order valence-electron chi connectivity index (χ3n) is 4.56. The number of nitrogens with zero attached hydrogens (tertiary/aromatic N) is 4. The Balaban J connectivity index is 1.80. The summed E-state index contributed by atoms with van der Waals surface area (Å²) in [5.41, 5.74) is 3.37. The lowest BCUT2D eigenvalue weighted by Crippen LogP contribution is -2.14. The predicted octanol–water partition coefficient (Wildman–Crippen LogP) is 1.77. The molecule has 2 aromatic heterocycles. The number of hydrogen-bond donors (Lipinski definition) is 1. The first-order valence-corrected chi connectivity index (χ1v) is 7.41. The number of H-pyrrole nitrogens is 1. The molecule has 0 radical (unpaired) electrons. The van der Waals surface area contributed by atoms with Gasteiger partial charge in [0.2, 0.25) is 5.65 Å². The van der Waals surface area contributed by atoms with Crippen LogP contribution in [0.1, 0.15) is 35.8 Å². The number of benzene rings is 1. The predicted molar refractivity (Wildman–Crippen MR) is 80.5 cm³/mol. The van der Waals surface area contributed by atoms with Gasteiger partial charge in [-0.2, -0.15) is 0 Å². The third kappa shape index (κ3) is 1.63. The highest BCUT2D eigenvalue weighted by molar-refractivity contribution is 5.74. The van der Waals surface area contributed by atoms with Crippen LogP contribution in [-0.2, 0) is 6.42 Å². The Morgan fingerprint density at radius 2 is 2.13 bits per heavy atom. The van der Waals surface area contributed by atoms with Gasteiger partial charge in [-0.3, -0.25) is 19.3 Å². The summed E-state index contributed by atoms with van der Waals surface area (Å²) in [5, 5.41) is 19.2. The Hall–Kier alpha value is -3.03. The van der Waals surface area contributed by atoms with Gasteiger partial charge in [0.1, 0.15) is 5.82 Å². The van der Waals surface area contributed by atoms with Crippen molar-refractivity contribution in [3.63, 3.8) is 0 Å². The van der Waals surface area contributed by atoms with Crippen molar-refractivity contribution in [3.05, 3.63) is 55.7 Å². The zero-order valence-electron chi connectivity index (χ0n) is 11.9. The van der Waals surface area contributed by atoms with Crippen LogP contribution in [0.2, 0.25) is 0 Å². The summed E-state index contributed by atoms with van der Waals surface area (Å²) < 4.78 is 1.84. The Labute approximate surface area is 128 Å². The van der Waals surface area contributed by atoms with Gasteiger partial charge in [-0.15, -0.1) is 10.2 Å². The van der Waals surface area contributed by atoms with Gasteiger partial charge in [-0.25, -0.2) is 0 Å². The van der Waals surface area contributed by atoms with Crippen LogP contribution in [0.15, 0.2) is 23.0 Å². The highest BCUT2D eigenvalue weighted by atomic mass is 16.6. The molecule has 0 amide bonds. The smallest absolute Gasteiger partial charge is 0.294 e. The van der Waals surface area contributed by atoms with E-state index in [1.54, 1.807) is 12.1 Å². The summed E-state index contributed by atoms with van der Waals surface area (Å²) >= 11 is 0. The van der Waals surface area contributed by atoms with Gasteiger partial charge >= 0.3 is 0 Å². The summed E-state index contributed by atoms with van der Waals surface area (Å²) in [6, 6.07) is 4.73. The largest absolute Gasteiger partial charge is 0.317 e. The van der Waals surface area contributed by atoms with Crippen molar-refractivity contribution in [2.24, 2.45) is 0 Å². The molecule has 0 bridgehead atoms. The molecule has 1 saturated carbocycles. The quantitative estimate of drug-likeness (QED) is 0.448. The van der Waals surface area contributed by atoms with E-state index in [-0.39, 0.29) is 11.2 Å². The van der Waals surface area contributed by atoms with Crippen LogP contribution in [0, 0.1) is 10.1 Å². The highest BCUT2D eigenvalue weighted by Crippen LogP contribution is 2.41. The number of non-ortho nitro benzene ring substituents is 1. The van der Waals surface area contributed by atoms with E-state index >= 15 is 0 Å². The van der Waals surface area contributed by atoms with E-state index < -0.39 is 4.92 Å². The van der Waals surface area contributed by atoms with E-state index in [1.807, 2.05) is 4.40 Å². The molecule has 1 fully saturated rings. The summed E-state index contributed by atoms with van der Waals surface area (Å²) in [5.74, 6) is 1.18. The fraction of sp³-hybridized carbons (Fsp3) is 0.267. The highest BCUT2D eigenvalue weighted by Gasteiger charge is 2.33. The molecule has 0 atom stereocenters. The normalized spacial score (nSPS) is 15.7. The maximum atomic E-state index is 12.3. The molecule has 2 aliphatic rings. The number of hydrogen-bond acceptors (Lipinski definition) is 5. The Morgan fingerprint density at radius 3 is 2.87 bits per heavy atom. The van der Waals surface area contributed by atoms with Gasteiger partial charge in [-0.05, 0) is 24.5 Å². The van der Waals surface area contributed by atoms with Crippen molar-refractivity contribution in [2.45, 2.75) is 25.2 Å². The first kappa shape index (κ1) is 12.5. The van der Waals surface area contributed by atoms with Crippen LogP contribution < -0.4 is 5.56 Å². The molecule has 0 spiro atoms. The van der Waals surface area contributed by atoms with Crippen LogP contribution in [0.25, 0.3) is 16.9 Å². The fourth-order valence-electron chi connectivity index (χ4n) is 3.32. The lowest BCUT2D eigenvalue weighted by atomic mass is 10.1. The number of fused-ring (bicyclic) bond motifs is 5. The number of nitro benzene ring substituents is 1. The molecule has 1 aromatic carbocycles. The summed E-state index contributed by atoms with van der Waals surface area (Å²) in [7, 11) is 0. The minimum atomic E-state index is -0.407. The SMILES string of the molecule is O=c1[nH]c2c(n3c(C4CC4)nnc13)Cc1cc([N+](=O)[O-])ccc1-2. The van der Waals surface area contributed by atoms with Crippen LogP contribution in [-0.4, -0.2) is 24.5 Å². The number of nitrogens with one attached hydrogen (secondary N) is 1. The lowest BCUT2D eigenvalue weighted by molar-refractivity contribution is -0.384. The zero-order valence-corrected chi connectivity index (χ0v) is 11.9. The van der Waals surface area contributed by atoms with Gasteiger partial charge in [-0.1, -0.05) is 0 Å². The number of aromatic amines is 1. The Bertz CT molecular complexity index is 1060.